The molecule has 26 heavy (non-hydrogen) atoms. The molecule has 5 heteroatoms. The highest BCUT2D eigenvalue weighted by atomic mass is 16.6. The number of carbonyl (C=O) groups is 1. The first-order valence-corrected chi connectivity index (χ1v) is 8.44. The standard InChI is InChI=1S/C21H18O5/c1-21(2)18(25-20(23)13-6-4-3-5-7-13)11-15-10-14-8-9-19(22)24-16(14)12-17(15)26-21/h3-10,12,18H,11H2,1-2H3. The van der Waals surface area contributed by atoms with E-state index in [1.807, 2.05) is 26.0 Å². The van der Waals surface area contributed by atoms with E-state index in [-0.39, 0.29) is 5.97 Å². The normalized spacial score (nSPS) is 18.0. The number of hydrogen-bond donors (Lipinski definition) is 0. The molecule has 0 N–H and O–H groups in total. The molecule has 0 saturated carbocycles. The molecule has 5 nitrogen and oxygen atoms in total. The van der Waals surface area contributed by atoms with E-state index in [0.717, 1.165) is 10.9 Å². The first-order valence-electron chi connectivity index (χ1n) is 8.44. The largest absolute Gasteiger partial charge is 0.484 e. The van der Waals surface area contributed by atoms with Gasteiger partial charge in [0.25, 0.3) is 0 Å². The number of hydrogen-bond acceptors (Lipinski definition) is 5. The van der Waals surface area contributed by atoms with E-state index in [9.17, 15) is 9.59 Å². The number of benzene rings is 2. The lowest BCUT2D eigenvalue weighted by Crippen LogP contribution is -2.48. The zero-order chi connectivity index (χ0) is 18.3. The quantitative estimate of drug-likeness (QED) is 0.520. The first kappa shape index (κ1) is 16.4. The molecule has 4 rings (SSSR count). The lowest BCUT2D eigenvalue weighted by molar-refractivity contribution is -0.0593. The summed E-state index contributed by atoms with van der Waals surface area (Å²) < 4.78 is 17.0. The molecule has 132 valence electrons. The van der Waals surface area contributed by atoms with Gasteiger partial charge in [0.1, 0.15) is 23.0 Å². The molecule has 0 fully saturated rings. The molecule has 0 spiro atoms. The average Bonchev–Trinajstić information content (AvgIpc) is 2.61. The lowest BCUT2D eigenvalue weighted by Gasteiger charge is -2.39. The van der Waals surface area contributed by atoms with Crippen molar-refractivity contribution in [2.24, 2.45) is 0 Å². The van der Waals surface area contributed by atoms with Crippen LogP contribution in [-0.4, -0.2) is 17.7 Å². The maximum atomic E-state index is 12.4. The van der Waals surface area contributed by atoms with E-state index >= 15 is 0 Å². The van der Waals surface area contributed by atoms with Gasteiger partial charge in [0.2, 0.25) is 0 Å². The van der Waals surface area contributed by atoms with Crippen LogP contribution in [0.15, 0.2) is 63.8 Å². The molecule has 1 aliphatic rings. The summed E-state index contributed by atoms with van der Waals surface area (Å²) in [4.78, 5) is 23.9. The summed E-state index contributed by atoms with van der Waals surface area (Å²) >= 11 is 0. The SMILES string of the molecule is CC1(C)Oc2cc3oc(=O)ccc3cc2CC1OC(=O)c1ccccc1. The van der Waals surface area contributed by atoms with Crippen molar-refractivity contribution in [2.45, 2.75) is 32.0 Å². The Morgan fingerprint density at radius 2 is 1.88 bits per heavy atom. The molecule has 2 aromatic carbocycles. The van der Waals surface area contributed by atoms with Crippen LogP contribution in [0.2, 0.25) is 0 Å². The van der Waals surface area contributed by atoms with Crippen molar-refractivity contribution in [3.8, 4) is 5.75 Å². The molecule has 1 aromatic heterocycles. The van der Waals surface area contributed by atoms with Gasteiger partial charge in [-0.2, -0.15) is 0 Å². The van der Waals surface area contributed by atoms with E-state index < -0.39 is 17.3 Å². The van der Waals surface area contributed by atoms with Crippen LogP contribution in [0.4, 0.5) is 0 Å². The third kappa shape index (κ3) is 2.96. The van der Waals surface area contributed by atoms with Crippen LogP contribution in [0.3, 0.4) is 0 Å². The molecule has 0 saturated heterocycles. The van der Waals surface area contributed by atoms with E-state index in [2.05, 4.69) is 0 Å². The molecule has 2 heterocycles. The fourth-order valence-electron chi connectivity index (χ4n) is 3.15. The number of fused-ring (bicyclic) bond motifs is 2. The van der Waals surface area contributed by atoms with Gasteiger partial charge in [-0.3, -0.25) is 0 Å². The highest BCUT2D eigenvalue weighted by Gasteiger charge is 2.40. The Hall–Kier alpha value is -3.08. The minimum Gasteiger partial charge on any atom is -0.484 e. The molecule has 1 atom stereocenters. The summed E-state index contributed by atoms with van der Waals surface area (Å²) in [6.07, 6.45) is 0.0894. The predicted molar refractivity (Wildman–Crippen MR) is 96.5 cm³/mol. The summed E-state index contributed by atoms with van der Waals surface area (Å²) in [5.74, 6) is 0.270. The molecule has 0 aliphatic carbocycles. The third-order valence-corrected chi connectivity index (χ3v) is 4.61. The lowest BCUT2D eigenvalue weighted by atomic mass is 9.90. The molecule has 0 radical (unpaired) electrons. The Kier molecular flexibility index (Phi) is 3.80. The van der Waals surface area contributed by atoms with Crippen LogP contribution in [-0.2, 0) is 11.2 Å². The van der Waals surface area contributed by atoms with Crippen molar-refractivity contribution in [1.82, 2.24) is 0 Å². The Bertz CT molecular complexity index is 1030. The number of rotatable bonds is 2. The third-order valence-electron chi connectivity index (χ3n) is 4.61. The van der Waals surface area contributed by atoms with Crippen molar-refractivity contribution in [1.29, 1.82) is 0 Å². The molecule has 0 amide bonds. The summed E-state index contributed by atoms with van der Waals surface area (Å²) in [7, 11) is 0. The van der Waals surface area contributed by atoms with Crippen molar-refractivity contribution in [2.75, 3.05) is 0 Å². The monoisotopic (exact) mass is 350 g/mol. The first-order chi connectivity index (χ1) is 12.4. The Morgan fingerprint density at radius 3 is 2.65 bits per heavy atom. The maximum Gasteiger partial charge on any atom is 0.338 e. The van der Waals surface area contributed by atoms with Gasteiger partial charge in [0, 0.05) is 23.9 Å². The van der Waals surface area contributed by atoms with Gasteiger partial charge in [-0.1, -0.05) is 18.2 Å². The Labute approximate surface area is 150 Å². The van der Waals surface area contributed by atoms with E-state index in [1.54, 1.807) is 36.4 Å². The average molecular weight is 350 g/mol. The van der Waals surface area contributed by atoms with Crippen LogP contribution < -0.4 is 10.4 Å². The Balaban J connectivity index is 1.66. The zero-order valence-corrected chi connectivity index (χ0v) is 14.5. The van der Waals surface area contributed by atoms with E-state index in [0.29, 0.717) is 23.3 Å². The summed E-state index contributed by atoms with van der Waals surface area (Å²) in [5, 5.41) is 0.805. The predicted octanol–water partition coefficient (Wildman–Crippen LogP) is 3.73. The van der Waals surface area contributed by atoms with Gasteiger partial charge in [-0.25, -0.2) is 9.59 Å². The highest BCUT2D eigenvalue weighted by Crippen LogP contribution is 2.37. The number of ether oxygens (including phenoxy) is 2. The topological polar surface area (TPSA) is 65.7 Å². The van der Waals surface area contributed by atoms with Crippen LogP contribution in [0.25, 0.3) is 11.0 Å². The summed E-state index contributed by atoms with van der Waals surface area (Å²) in [6.45, 7) is 3.76. The fraction of sp³-hybridized carbons (Fsp3) is 0.238. The molecule has 1 unspecified atom stereocenters. The summed E-state index contributed by atoms with van der Waals surface area (Å²) in [6, 6.07) is 15.6. The van der Waals surface area contributed by atoms with Crippen molar-refractivity contribution in [3.05, 3.63) is 76.1 Å². The van der Waals surface area contributed by atoms with Crippen molar-refractivity contribution >= 4 is 16.9 Å². The number of esters is 1. The zero-order valence-electron chi connectivity index (χ0n) is 14.5. The van der Waals surface area contributed by atoms with Gasteiger partial charge in [-0.15, -0.1) is 0 Å². The van der Waals surface area contributed by atoms with Gasteiger partial charge >= 0.3 is 11.6 Å². The second-order valence-corrected chi connectivity index (χ2v) is 6.92. The minimum atomic E-state index is -0.708. The minimum absolute atomic E-state index is 0.373. The van der Waals surface area contributed by atoms with Crippen LogP contribution in [0, 0.1) is 0 Å². The van der Waals surface area contributed by atoms with E-state index in [4.69, 9.17) is 13.9 Å². The number of carbonyl (C=O) groups excluding carboxylic acids is 1. The Morgan fingerprint density at radius 1 is 1.12 bits per heavy atom. The molecular weight excluding hydrogens is 332 g/mol. The van der Waals surface area contributed by atoms with Crippen LogP contribution >= 0.6 is 0 Å². The van der Waals surface area contributed by atoms with Gasteiger partial charge in [0.05, 0.1) is 5.56 Å². The molecule has 0 bridgehead atoms. The van der Waals surface area contributed by atoms with Crippen LogP contribution in [0.5, 0.6) is 5.75 Å². The highest BCUT2D eigenvalue weighted by molar-refractivity contribution is 5.89. The van der Waals surface area contributed by atoms with Gasteiger partial charge in [-0.05, 0) is 43.7 Å². The van der Waals surface area contributed by atoms with Gasteiger partial charge in [0.15, 0.2) is 0 Å². The smallest absolute Gasteiger partial charge is 0.338 e. The van der Waals surface area contributed by atoms with Crippen LogP contribution in [0.1, 0.15) is 29.8 Å². The van der Waals surface area contributed by atoms with E-state index in [1.165, 1.54) is 6.07 Å². The molecule has 1 aliphatic heterocycles. The fourth-order valence-corrected chi connectivity index (χ4v) is 3.15. The van der Waals surface area contributed by atoms with Crippen molar-refractivity contribution in [3.63, 3.8) is 0 Å². The summed E-state index contributed by atoms with van der Waals surface area (Å²) in [5.41, 5.74) is 0.792. The maximum absolute atomic E-state index is 12.4. The second kappa shape index (κ2) is 6.02. The van der Waals surface area contributed by atoms with Crippen molar-refractivity contribution < 1.29 is 18.7 Å². The second-order valence-electron chi connectivity index (χ2n) is 6.92. The molecule has 3 aromatic rings. The molecular formula is C21H18O5. The van der Waals surface area contributed by atoms with Gasteiger partial charge < -0.3 is 13.9 Å².